The Labute approximate surface area is 208 Å². The summed E-state index contributed by atoms with van der Waals surface area (Å²) >= 11 is 8.16. The van der Waals surface area contributed by atoms with E-state index in [0.717, 1.165) is 45.9 Å². The van der Waals surface area contributed by atoms with Crippen LogP contribution in [-0.2, 0) is 22.7 Å². The average Bonchev–Trinajstić information content (AvgIpc) is 3.35. The van der Waals surface area contributed by atoms with Crippen LogP contribution in [-0.4, -0.2) is 51.8 Å². The van der Waals surface area contributed by atoms with Gasteiger partial charge < -0.3 is 5.32 Å². The summed E-state index contributed by atoms with van der Waals surface area (Å²) in [7, 11) is 0. The molecule has 2 aliphatic heterocycles. The molecule has 2 atom stereocenters. The lowest BCUT2D eigenvalue weighted by Gasteiger charge is -2.40. The van der Waals surface area contributed by atoms with Crippen LogP contribution in [0.2, 0.25) is 5.02 Å². The summed E-state index contributed by atoms with van der Waals surface area (Å²) in [5.74, 6) is -0.190. The largest absolute Gasteiger partial charge is 0.314 e. The first kappa shape index (κ1) is 23.4. The van der Waals surface area contributed by atoms with Crippen molar-refractivity contribution in [2.75, 3.05) is 13.1 Å². The molecule has 0 unspecified atom stereocenters. The Kier molecular flexibility index (Phi) is 6.46. The van der Waals surface area contributed by atoms with Crippen molar-refractivity contribution in [3.05, 3.63) is 51.5 Å². The van der Waals surface area contributed by atoms with Gasteiger partial charge in [0.05, 0.1) is 16.8 Å². The van der Waals surface area contributed by atoms with Gasteiger partial charge in [0.2, 0.25) is 11.8 Å². The third-order valence-electron chi connectivity index (χ3n) is 7.01. The molecule has 2 saturated heterocycles. The molecule has 178 valence electrons. The first-order chi connectivity index (χ1) is 16.3. The highest BCUT2D eigenvalue weighted by Gasteiger charge is 2.30. The van der Waals surface area contributed by atoms with Crippen LogP contribution in [0.3, 0.4) is 0 Å². The molecule has 0 aliphatic carbocycles. The van der Waals surface area contributed by atoms with E-state index in [0.29, 0.717) is 36.5 Å². The SMILES string of the molecule is Cc1cc(Cl)cc(-c2ccnc3cc(CN4C(=O)CCC4=O)sc23)c1CN1[C@@H](C)CNC[C@@H]1C. The smallest absolute Gasteiger partial charge is 0.230 e. The van der Waals surface area contributed by atoms with E-state index in [-0.39, 0.29) is 11.8 Å². The number of benzene rings is 1. The first-order valence-electron chi connectivity index (χ1n) is 11.8. The normalized spacial score (nSPS) is 21.7. The number of rotatable bonds is 5. The van der Waals surface area contributed by atoms with Crippen LogP contribution in [0.5, 0.6) is 0 Å². The van der Waals surface area contributed by atoms with Gasteiger partial charge in [-0.05, 0) is 61.7 Å². The summed E-state index contributed by atoms with van der Waals surface area (Å²) < 4.78 is 1.06. The highest BCUT2D eigenvalue weighted by atomic mass is 35.5. The molecular formula is C26H29ClN4O2S. The Balaban J connectivity index is 1.56. The fourth-order valence-corrected chi connectivity index (χ4v) is 6.52. The van der Waals surface area contributed by atoms with Gasteiger partial charge in [-0.3, -0.25) is 24.4 Å². The Morgan fingerprint density at radius 1 is 1.06 bits per heavy atom. The zero-order chi connectivity index (χ0) is 24.0. The second-order valence-corrected chi connectivity index (χ2v) is 11.0. The number of nitrogens with zero attached hydrogens (tertiary/aromatic N) is 3. The molecule has 34 heavy (non-hydrogen) atoms. The summed E-state index contributed by atoms with van der Waals surface area (Å²) in [4.78, 5) is 33.7. The third kappa shape index (κ3) is 4.38. The minimum atomic E-state index is -0.0948. The highest BCUT2D eigenvalue weighted by molar-refractivity contribution is 7.19. The van der Waals surface area contributed by atoms with Crippen molar-refractivity contribution in [3.8, 4) is 11.1 Å². The number of amides is 2. The van der Waals surface area contributed by atoms with Gasteiger partial charge in [-0.2, -0.15) is 0 Å². The molecule has 1 aromatic carbocycles. The standard InChI is InChI=1S/C26H29ClN4O2S/c1-15-8-18(27)9-21(22(15)14-30-16(2)11-28-12-17(30)3)20-6-7-29-23-10-19(34-26(20)23)13-31-24(32)4-5-25(31)33/h6-10,16-17,28H,4-5,11-14H2,1-3H3/t16-,17-/m0/s1. The van der Waals surface area contributed by atoms with Gasteiger partial charge in [0.1, 0.15) is 0 Å². The lowest BCUT2D eigenvalue weighted by molar-refractivity contribution is -0.138. The minimum absolute atomic E-state index is 0.0948. The molecule has 5 rings (SSSR count). The summed E-state index contributed by atoms with van der Waals surface area (Å²) in [6, 6.07) is 9.03. The molecule has 2 aromatic heterocycles. The molecule has 2 amide bonds. The van der Waals surface area contributed by atoms with Crippen molar-refractivity contribution in [2.24, 2.45) is 0 Å². The minimum Gasteiger partial charge on any atom is -0.314 e. The maximum atomic E-state index is 12.1. The summed E-state index contributed by atoms with van der Waals surface area (Å²) in [5.41, 5.74) is 5.55. The van der Waals surface area contributed by atoms with Gasteiger partial charge in [0.25, 0.3) is 0 Å². The van der Waals surface area contributed by atoms with Crippen LogP contribution >= 0.6 is 22.9 Å². The van der Waals surface area contributed by atoms with E-state index in [9.17, 15) is 9.59 Å². The molecule has 1 N–H and O–H groups in total. The number of halogens is 1. The number of aromatic nitrogens is 1. The molecule has 0 spiro atoms. The zero-order valence-electron chi connectivity index (χ0n) is 19.7. The van der Waals surface area contributed by atoms with Gasteiger partial charge in [-0.25, -0.2) is 0 Å². The van der Waals surface area contributed by atoms with Crippen molar-refractivity contribution in [1.29, 1.82) is 0 Å². The van der Waals surface area contributed by atoms with Crippen LogP contribution in [0.25, 0.3) is 21.3 Å². The van der Waals surface area contributed by atoms with Crippen molar-refractivity contribution >= 4 is 45.0 Å². The van der Waals surface area contributed by atoms with Crippen molar-refractivity contribution in [3.63, 3.8) is 0 Å². The monoisotopic (exact) mass is 496 g/mol. The number of piperazine rings is 1. The summed E-state index contributed by atoms with van der Waals surface area (Å²) in [5, 5.41) is 4.23. The van der Waals surface area contributed by atoms with Gasteiger partial charge in [-0.1, -0.05) is 11.6 Å². The third-order valence-corrected chi connectivity index (χ3v) is 8.37. The number of thiophene rings is 1. The highest BCUT2D eigenvalue weighted by Crippen LogP contribution is 2.39. The number of fused-ring (bicyclic) bond motifs is 1. The molecule has 3 aromatic rings. The predicted octanol–water partition coefficient (Wildman–Crippen LogP) is 4.76. The second-order valence-electron chi connectivity index (χ2n) is 9.44. The van der Waals surface area contributed by atoms with E-state index in [2.05, 4.69) is 42.0 Å². The van der Waals surface area contributed by atoms with Crippen LogP contribution in [0.4, 0.5) is 0 Å². The number of pyridine rings is 1. The first-order valence-corrected chi connectivity index (χ1v) is 13.0. The summed E-state index contributed by atoms with van der Waals surface area (Å²) in [6.07, 6.45) is 2.44. The number of likely N-dealkylation sites (tertiary alicyclic amines) is 1. The summed E-state index contributed by atoms with van der Waals surface area (Å²) in [6.45, 7) is 9.79. The molecule has 0 bridgehead atoms. The topological polar surface area (TPSA) is 65.5 Å². The number of hydrogen-bond donors (Lipinski definition) is 1. The quantitative estimate of drug-likeness (QED) is 0.516. The molecule has 4 heterocycles. The molecule has 2 aliphatic rings. The maximum absolute atomic E-state index is 12.1. The van der Waals surface area contributed by atoms with Crippen molar-refractivity contribution < 1.29 is 9.59 Å². The van der Waals surface area contributed by atoms with E-state index in [1.807, 2.05) is 24.4 Å². The van der Waals surface area contributed by atoms with E-state index in [1.165, 1.54) is 16.0 Å². The number of carbonyl (C=O) groups is 2. The van der Waals surface area contributed by atoms with Gasteiger partial charge in [-0.15, -0.1) is 11.3 Å². The van der Waals surface area contributed by atoms with E-state index >= 15 is 0 Å². The molecular weight excluding hydrogens is 468 g/mol. The fraction of sp³-hybridized carbons (Fsp3) is 0.423. The van der Waals surface area contributed by atoms with Gasteiger partial charge in [0.15, 0.2) is 0 Å². The molecule has 0 saturated carbocycles. The Morgan fingerprint density at radius 2 is 1.76 bits per heavy atom. The van der Waals surface area contributed by atoms with E-state index < -0.39 is 0 Å². The predicted molar refractivity (Wildman–Crippen MR) is 137 cm³/mol. The maximum Gasteiger partial charge on any atom is 0.230 e. The lowest BCUT2D eigenvalue weighted by Crippen LogP contribution is -2.54. The number of carbonyl (C=O) groups excluding carboxylic acids is 2. The van der Waals surface area contributed by atoms with Crippen LogP contribution in [0.15, 0.2) is 30.5 Å². The Bertz CT molecular complexity index is 1250. The molecule has 0 radical (unpaired) electrons. The number of nitrogens with one attached hydrogen (secondary N) is 1. The fourth-order valence-electron chi connectivity index (χ4n) is 5.12. The van der Waals surface area contributed by atoms with Crippen LogP contribution in [0, 0.1) is 6.92 Å². The molecule has 6 nitrogen and oxygen atoms in total. The average molecular weight is 497 g/mol. The van der Waals surface area contributed by atoms with Gasteiger partial charge >= 0.3 is 0 Å². The van der Waals surface area contributed by atoms with E-state index in [1.54, 1.807) is 11.3 Å². The number of imide groups is 1. The molecule has 2 fully saturated rings. The second kappa shape index (κ2) is 9.38. The lowest BCUT2D eigenvalue weighted by atomic mass is 9.94. The Hall–Kier alpha value is -2.32. The van der Waals surface area contributed by atoms with Crippen LogP contribution < -0.4 is 5.32 Å². The van der Waals surface area contributed by atoms with Crippen LogP contribution in [0.1, 0.15) is 42.7 Å². The zero-order valence-corrected chi connectivity index (χ0v) is 21.3. The Morgan fingerprint density at radius 3 is 2.47 bits per heavy atom. The number of hydrogen-bond acceptors (Lipinski definition) is 6. The van der Waals surface area contributed by atoms with Crippen molar-refractivity contribution in [1.82, 2.24) is 20.1 Å². The number of aryl methyl sites for hydroxylation is 1. The van der Waals surface area contributed by atoms with Crippen molar-refractivity contribution in [2.45, 2.75) is 58.8 Å². The molecule has 8 heteroatoms. The van der Waals surface area contributed by atoms with E-state index in [4.69, 9.17) is 11.6 Å². The van der Waals surface area contributed by atoms with Gasteiger partial charge in [0, 0.05) is 66.2 Å².